The van der Waals surface area contributed by atoms with Gasteiger partial charge in [-0.1, -0.05) is 18.2 Å². The van der Waals surface area contributed by atoms with Gasteiger partial charge in [0.2, 0.25) is 11.8 Å². The van der Waals surface area contributed by atoms with Crippen LogP contribution in [0.25, 0.3) is 0 Å². The Labute approximate surface area is 214 Å². The Hall–Kier alpha value is -3.29. The fourth-order valence-corrected chi connectivity index (χ4v) is 4.86. The molecule has 0 radical (unpaired) electrons. The van der Waals surface area contributed by atoms with E-state index in [1.807, 2.05) is 36.9 Å². The fraction of sp³-hybridized carbons (Fsp3) is 0.536. The molecule has 1 aliphatic heterocycles. The third-order valence-corrected chi connectivity index (χ3v) is 6.97. The number of aromatic nitrogens is 1. The van der Waals surface area contributed by atoms with Crippen LogP contribution in [0.15, 0.2) is 30.3 Å². The number of piperidine rings is 1. The molecule has 1 aromatic heterocycles. The van der Waals surface area contributed by atoms with Crippen molar-refractivity contribution in [1.29, 1.82) is 0 Å². The lowest BCUT2D eigenvalue weighted by Gasteiger charge is -2.32. The van der Waals surface area contributed by atoms with Crippen molar-refractivity contribution in [1.82, 2.24) is 15.2 Å². The fourth-order valence-electron chi connectivity index (χ4n) is 4.86. The Bertz CT molecular complexity index is 1030. The quantitative estimate of drug-likeness (QED) is 0.366. The molecule has 1 atom stereocenters. The number of aryl methyl sites for hydroxylation is 1. The Morgan fingerprint density at radius 1 is 1.19 bits per heavy atom. The van der Waals surface area contributed by atoms with Crippen molar-refractivity contribution in [3.8, 4) is 0 Å². The SMILES string of the molecule is CCOC(=O)c1[nH]c(C)c(CCC(=O)N2CCC[C@@H](C(=O)NCCCN(C)c3ccccc3)C2)c1C. The van der Waals surface area contributed by atoms with E-state index in [0.29, 0.717) is 44.8 Å². The summed E-state index contributed by atoms with van der Waals surface area (Å²) in [6.45, 7) is 8.52. The standard InChI is InChI=1S/C28H40N4O4/c1-5-36-28(35)26-20(2)24(21(3)30-26)14-15-25(33)32-18-9-11-22(19-32)27(34)29-16-10-17-31(4)23-12-7-6-8-13-23/h6-8,12-13,22,30H,5,9-11,14-19H2,1-4H3,(H,29,34)/t22-/m1/s1. The average Bonchev–Trinajstić information content (AvgIpc) is 3.18. The van der Waals surface area contributed by atoms with Gasteiger partial charge in [0.15, 0.2) is 0 Å². The zero-order valence-corrected chi connectivity index (χ0v) is 22.1. The first-order valence-electron chi connectivity index (χ1n) is 13.0. The van der Waals surface area contributed by atoms with Crippen LogP contribution >= 0.6 is 0 Å². The highest BCUT2D eigenvalue weighted by molar-refractivity contribution is 5.90. The van der Waals surface area contributed by atoms with Crippen molar-refractivity contribution >= 4 is 23.5 Å². The Kier molecular flexibility index (Phi) is 9.96. The van der Waals surface area contributed by atoms with Crippen LogP contribution in [0.1, 0.15) is 59.9 Å². The molecule has 2 N–H and O–H groups in total. The monoisotopic (exact) mass is 496 g/mol. The zero-order chi connectivity index (χ0) is 26.1. The molecular weight excluding hydrogens is 456 g/mol. The Balaban J connectivity index is 1.44. The van der Waals surface area contributed by atoms with E-state index in [9.17, 15) is 14.4 Å². The van der Waals surface area contributed by atoms with Crippen molar-refractivity contribution in [3.05, 3.63) is 52.8 Å². The number of benzene rings is 1. The summed E-state index contributed by atoms with van der Waals surface area (Å²) >= 11 is 0. The van der Waals surface area contributed by atoms with Crippen LogP contribution in [-0.2, 0) is 20.7 Å². The number of hydrogen-bond donors (Lipinski definition) is 2. The van der Waals surface area contributed by atoms with E-state index in [2.05, 4.69) is 34.4 Å². The maximum atomic E-state index is 13.0. The van der Waals surface area contributed by atoms with Gasteiger partial charge in [-0.3, -0.25) is 9.59 Å². The molecule has 2 amide bonds. The van der Waals surface area contributed by atoms with Crippen LogP contribution in [0.2, 0.25) is 0 Å². The predicted molar refractivity (Wildman–Crippen MR) is 141 cm³/mol. The third kappa shape index (κ3) is 7.12. The molecule has 0 aliphatic carbocycles. The van der Waals surface area contributed by atoms with Crippen LogP contribution in [0.5, 0.6) is 0 Å². The number of likely N-dealkylation sites (tertiary alicyclic amines) is 1. The van der Waals surface area contributed by atoms with E-state index in [1.165, 1.54) is 0 Å². The smallest absolute Gasteiger partial charge is 0.355 e. The number of carbonyl (C=O) groups is 3. The number of H-pyrrole nitrogens is 1. The van der Waals surface area contributed by atoms with Gasteiger partial charge in [0, 0.05) is 51.0 Å². The lowest BCUT2D eigenvalue weighted by atomic mass is 9.96. The van der Waals surface area contributed by atoms with Gasteiger partial charge in [0.25, 0.3) is 0 Å². The minimum Gasteiger partial charge on any atom is -0.461 e. The number of esters is 1. The second kappa shape index (κ2) is 13.1. The van der Waals surface area contributed by atoms with Crippen LogP contribution in [0, 0.1) is 19.8 Å². The number of para-hydroxylation sites is 1. The molecule has 196 valence electrons. The molecule has 1 aromatic carbocycles. The summed E-state index contributed by atoms with van der Waals surface area (Å²) in [7, 11) is 2.05. The summed E-state index contributed by atoms with van der Waals surface area (Å²) in [6.07, 6.45) is 3.39. The number of hydrogen-bond acceptors (Lipinski definition) is 5. The highest BCUT2D eigenvalue weighted by Gasteiger charge is 2.28. The molecule has 0 unspecified atom stereocenters. The molecule has 2 heterocycles. The minimum atomic E-state index is -0.368. The molecule has 8 nitrogen and oxygen atoms in total. The van der Waals surface area contributed by atoms with Crippen molar-refractivity contribution in [2.75, 3.05) is 44.7 Å². The summed E-state index contributed by atoms with van der Waals surface area (Å²) < 4.78 is 5.11. The van der Waals surface area contributed by atoms with Gasteiger partial charge in [0.1, 0.15) is 5.69 Å². The second-order valence-electron chi connectivity index (χ2n) is 9.53. The highest BCUT2D eigenvalue weighted by atomic mass is 16.5. The lowest BCUT2D eigenvalue weighted by Crippen LogP contribution is -2.45. The van der Waals surface area contributed by atoms with E-state index < -0.39 is 0 Å². The van der Waals surface area contributed by atoms with Gasteiger partial charge >= 0.3 is 5.97 Å². The Morgan fingerprint density at radius 3 is 2.67 bits per heavy atom. The van der Waals surface area contributed by atoms with Gasteiger partial charge < -0.3 is 24.8 Å². The lowest BCUT2D eigenvalue weighted by molar-refractivity contribution is -0.135. The van der Waals surface area contributed by atoms with Crippen LogP contribution in [0.4, 0.5) is 5.69 Å². The van der Waals surface area contributed by atoms with Crippen molar-refractivity contribution in [2.24, 2.45) is 5.92 Å². The maximum Gasteiger partial charge on any atom is 0.355 e. The van der Waals surface area contributed by atoms with E-state index >= 15 is 0 Å². The number of ether oxygens (including phenoxy) is 1. The molecule has 1 aliphatic rings. The van der Waals surface area contributed by atoms with Gasteiger partial charge in [-0.05, 0) is 69.7 Å². The third-order valence-electron chi connectivity index (χ3n) is 6.97. The largest absolute Gasteiger partial charge is 0.461 e. The number of aromatic amines is 1. The molecule has 1 saturated heterocycles. The summed E-state index contributed by atoms with van der Waals surface area (Å²) in [5, 5.41) is 3.06. The molecular formula is C28H40N4O4. The van der Waals surface area contributed by atoms with Crippen LogP contribution in [-0.4, -0.2) is 67.5 Å². The van der Waals surface area contributed by atoms with Gasteiger partial charge in [-0.25, -0.2) is 4.79 Å². The number of nitrogens with zero attached hydrogens (tertiary/aromatic N) is 2. The highest BCUT2D eigenvalue weighted by Crippen LogP contribution is 2.22. The average molecular weight is 497 g/mol. The van der Waals surface area contributed by atoms with Crippen LogP contribution < -0.4 is 10.2 Å². The number of carbonyl (C=O) groups excluding carboxylic acids is 3. The van der Waals surface area contributed by atoms with Crippen molar-refractivity contribution in [3.63, 3.8) is 0 Å². The van der Waals surface area contributed by atoms with E-state index in [1.54, 1.807) is 6.92 Å². The zero-order valence-electron chi connectivity index (χ0n) is 22.1. The maximum absolute atomic E-state index is 13.0. The molecule has 36 heavy (non-hydrogen) atoms. The molecule has 0 bridgehead atoms. The molecule has 0 saturated carbocycles. The second-order valence-corrected chi connectivity index (χ2v) is 9.53. The molecule has 3 rings (SSSR count). The van der Waals surface area contributed by atoms with E-state index in [4.69, 9.17) is 4.74 Å². The first-order valence-corrected chi connectivity index (χ1v) is 13.0. The van der Waals surface area contributed by atoms with Gasteiger partial charge in [0.05, 0.1) is 12.5 Å². The number of nitrogens with one attached hydrogen (secondary N) is 2. The van der Waals surface area contributed by atoms with Crippen molar-refractivity contribution < 1.29 is 19.1 Å². The van der Waals surface area contributed by atoms with Gasteiger partial charge in [-0.15, -0.1) is 0 Å². The van der Waals surface area contributed by atoms with Crippen LogP contribution in [0.3, 0.4) is 0 Å². The normalized spacial score (nSPS) is 15.4. The topological polar surface area (TPSA) is 94.7 Å². The molecule has 8 heteroatoms. The summed E-state index contributed by atoms with van der Waals surface area (Å²) in [5.74, 6) is -0.450. The van der Waals surface area contributed by atoms with Gasteiger partial charge in [-0.2, -0.15) is 0 Å². The predicted octanol–water partition coefficient (Wildman–Crippen LogP) is 3.62. The summed E-state index contributed by atoms with van der Waals surface area (Å²) in [5.41, 5.74) is 4.33. The summed E-state index contributed by atoms with van der Waals surface area (Å²) in [6, 6.07) is 10.2. The van der Waals surface area contributed by atoms with E-state index in [0.717, 1.165) is 48.3 Å². The van der Waals surface area contributed by atoms with Crippen molar-refractivity contribution in [2.45, 2.75) is 52.9 Å². The van der Waals surface area contributed by atoms with E-state index in [-0.39, 0.29) is 23.7 Å². The molecule has 1 fully saturated rings. The minimum absolute atomic E-state index is 0.0336. The first-order chi connectivity index (χ1) is 17.3. The number of anilines is 1. The number of rotatable bonds is 11. The Morgan fingerprint density at radius 2 is 1.94 bits per heavy atom. The molecule has 2 aromatic rings. The first kappa shape index (κ1) is 27.3. The molecule has 0 spiro atoms. The number of amides is 2. The summed E-state index contributed by atoms with van der Waals surface area (Å²) in [4.78, 5) is 45.0.